The molecule has 0 rings (SSSR count). The van der Waals surface area contributed by atoms with Crippen molar-refractivity contribution in [2.75, 3.05) is 6.54 Å². The van der Waals surface area contributed by atoms with Crippen LogP contribution in [0, 0.1) is 5.41 Å². The van der Waals surface area contributed by atoms with Gasteiger partial charge in [-0.05, 0) is 33.6 Å². The Hall–Kier alpha value is -1.36. The number of nitrogens with two attached hydrogens (primary N) is 1. The highest BCUT2D eigenvalue weighted by Gasteiger charge is 2.11. The number of aliphatic carboxylic acids is 1. The molecule has 0 aromatic carbocycles. The molecule has 0 aliphatic rings. The standard InChI is InChI=1S/C11H21N3O2/c1-7(4-5-10(13)11(15)16)8(2)6-14-9(3)12/h10H,4-6,13H2,1-3H3,(H2,12,14)(H,15,16)/b8-7+. The highest BCUT2D eigenvalue weighted by Crippen LogP contribution is 2.11. The van der Waals surface area contributed by atoms with E-state index in [-0.39, 0.29) is 0 Å². The maximum Gasteiger partial charge on any atom is 0.320 e. The van der Waals surface area contributed by atoms with Crippen LogP contribution in [0.4, 0.5) is 0 Å². The molecular weight excluding hydrogens is 206 g/mol. The van der Waals surface area contributed by atoms with E-state index in [0.29, 0.717) is 25.2 Å². The number of hydrogen-bond acceptors (Lipinski definition) is 3. The van der Waals surface area contributed by atoms with Crippen molar-refractivity contribution in [3.05, 3.63) is 11.1 Å². The lowest BCUT2D eigenvalue weighted by molar-refractivity contribution is -0.138. The van der Waals surface area contributed by atoms with Crippen LogP contribution in [0.15, 0.2) is 11.1 Å². The van der Waals surface area contributed by atoms with E-state index in [1.54, 1.807) is 6.92 Å². The van der Waals surface area contributed by atoms with Gasteiger partial charge in [0.2, 0.25) is 0 Å². The topological polar surface area (TPSA) is 99.2 Å². The summed E-state index contributed by atoms with van der Waals surface area (Å²) in [7, 11) is 0. The quantitative estimate of drug-likeness (QED) is 0.310. The lowest BCUT2D eigenvalue weighted by Gasteiger charge is -2.11. The summed E-state index contributed by atoms with van der Waals surface area (Å²) in [5, 5.41) is 18.8. The third-order valence-corrected chi connectivity index (χ3v) is 2.49. The minimum absolute atomic E-state index is 0.425. The molecule has 5 nitrogen and oxygen atoms in total. The summed E-state index contributed by atoms with van der Waals surface area (Å²) in [5.41, 5.74) is 7.67. The molecule has 0 fully saturated rings. The molecule has 0 saturated carbocycles. The lowest BCUT2D eigenvalue weighted by atomic mass is 10.0. The van der Waals surface area contributed by atoms with Crippen LogP contribution in [0.25, 0.3) is 0 Å². The van der Waals surface area contributed by atoms with E-state index in [4.69, 9.17) is 16.2 Å². The van der Waals surface area contributed by atoms with Crippen molar-refractivity contribution in [1.82, 2.24) is 5.32 Å². The smallest absolute Gasteiger partial charge is 0.320 e. The summed E-state index contributed by atoms with van der Waals surface area (Å²) < 4.78 is 0. The van der Waals surface area contributed by atoms with Crippen molar-refractivity contribution in [2.24, 2.45) is 5.73 Å². The molecule has 0 bridgehead atoms. The summed E-state index contributed by atoms with van der Waals surface area (Å²) >= 11 is 0. The Morgan fingerprint density at radius 1 is 1.38 bits per heavy atom. The second-order valence-corrected chi connectivity index (χ2v) is 4.02. The van der Waals surface area contributed by atoms with E-state index < -0.39 is 12.0 Å². The predicted molar refractivity (Wildman–Crippen MR) is 64.6 cm³/mol. The van der Waals surface area contributed by atoms with Gasteiger partial charge in [0.05, 0.1) is 5.84 Å². The third-order valence-electron chi connectivity index (χ3n) is 2.49. The summed E-state index contributed by atoms with van der Waals surface area (Å²) in [5.74, 6) is -0.534. The zero-order valence-corrected chi connectivity index (χ0v) is 10.1. The second-order valence-electron chi connectivity index (χ2n) is 4.02. The second kappa shape index (κ2) is 7.00. The van der Waals surface area contributed by atoms with Crippen LogP contribution in [-0.4, -0.2) is 29.5 Å². The number of allylic oxidation sites excluding steroid dienone is 1. The van der Waals surface area contributed by atoms with E-state index in [2.05, 4.69) is 5.32 Å². The van der Waals surface area contributed by atoms with Crippen molar-refractivity contribution in [1.29, 1.82) is 5.41 Å². The van der Waals surface area contributed by atoms with Crippen LogP contribution in [0.5, 0.6) is 0 Å². The van der Waals surface area contributed by atoms with E-state index >= 15 is 0 Å². The van der Waals surface area contributed by atoms with Crippen molar-refractivity contribution < 1.29 is 9.90 Å². The van der Waals surface area contributed by atoms with Crippen molar-refractivity contribution in [3.8, 4) is 0 Å². The normalized spacial score (nSPS) is 14.0. The van der Waals surface area contributed by atoms with Gasteiger partial charge in [-0.15, -0.1) is 0 Å². The SMILES string of the molecule is CC(=N)NC/C(C)=C(\C)CCC(N)C(=O)O. The van der Waals surface area contributed by atoms with Gasteiger partial charge in [-0.3, -0.25) is 10.2 Å². The molecule has 5 N–H and O–H groups in total. The van der Waals surface area contributed by atoms with Gasteiger partial charge >= 0.3 is 5.97 Å². The first-order chi connectivity index (χ1) is 7.34. The molecule has 0 aromatic heterocycles. The molecule has 0 heterocycles. The van der Waals surface area contributed by atoms with Gasteiger partial charge in [0, 0.05) is 6.54 Å². The number of rotatable bonds is 6. The Bertz CT molecular complexity index is 298. The molecule has 1 unspecified atom stereocenters. The molecule has 0 aromatic rings. The summed E-state index contributed by atoms with van der Waals surface area (Å²) in [4.78, 5) is 10.5. The minimum atomic E-state index is -0.959. The first-order valence-electron chi connectivity index (χ1n) is 5.27. The lowest BCUT2D eigenvalue weighted by Crippen LogP contribution is -2.30. The van der Waals surface area contributed by atoms with E-state index in [9.17, 15) is 4.79 Å². The maximum absolute atomic E-state index is 10.5. The van der Waals surface area contributed by atoms with Crippen LogP contribution in [-0.2, 0) is 4.79 Å². The van der Waals surface area contributed by atoms with Gasteiger partial charge in [0.1, 0.15) is 6.04 Å². The van der Waals surface area contributed by atoms with Gasteiger partial charge in [0.25, 0.3) is 0 Å². The zero-order valence-electron chi connectivity index (χ0n) is 10.1. The number of nitrogens with one attached hydrogen (secondary N) is 2. The molecule has 0 spiro atoms. The van der Waals surface area contributed by atoms with Gasteiger partial charge in [-0.2, -0.15) is 0 Å². The van der Waals surface area contributed by atoms with Crippen molar-refractivity contribution >= 4 is 11.8 Å². The van der Waals surface area contributed by atoms with Gasteiger partial charge in [-0.25, -0.2) is 0 Å². The Kier molecular flexibility index (Phi) is 6.41. The summed E-state index contributed by atoms with van der Waals surface area (Å²) in [6.45, 7) is 6.24. The van der Waals surface area contributed by atoms with Crippen LogP contribution in [0.1, 0.15) is 33.6 Å². The highest BCUT2D eigenvalue weighted by atomic mass is 16.4. The molecule has 16 heavy (non-hydrogen) atoms. The molecule has 5 heteroatoms. The molecular formula is C11H21N3O2. The number of carboxylic acid groups (broad SMARTS) is 1. The van der Waals surface area contributed by atoms with Crippen molar-refractivity contribution in [3.63, 3.8) is 0 Å². The fourth-order valence-electron chi connectivity index (χ4n) is 1.12. The molecule has 0 radical (unpaired) electrons. The zero-order chi connectivity index (χ0) is 12.7. The number of amidine groups is 1. The number of carboxylic acids is 1. The van der Waals surface area contributed by atoms with Gasteiger partial charge < -0.3 is 16.2 Å². The van der Waals surface area contributed by atoms with Gasteiger partial charge in [0.15, 0.2) is 0 Å². The Balaban J connectivity index is 4.10. The Labute approximate surface area is 96.2 Å². The van der Waals surface area contributed by atoms with Crippen LogP contribution in [0.2, 0.25) is 0 Å². The number of hydrogen-bond donors (Lipinski definition) is 4. The first kappa shape index (κ1) is 14.6. The average molecular weight is 227 g/mol. The fourth-order valence-corrected chi connectivity index (χ4v) is 1.12. The Morgan fingerprint density at radius 3 is 2.38 bits per heavy atom. The minimum Gasteiger partial charge on any atom is -0.480 e. The van der Waals surface area contributed by atoms with E-state index in [0.717, 1.165) is 11.1 Å². The largest absolute Gasteiger partial charge is 0.480 e. The molecule has 92 valence electrons. The van der Waals surface area contributed by atoms with Crippen LogP contribution in [0.3, 0.4) is 0 Å². The predicted octanol–water partition coefficient (Wildman–Crippen LogP) is 1.10. The maximum atomic E-state index is 10.5. The van der Waals surface area contributed by atoms with Crippen LogP contribution < -0.4 is 11.1 Å². The molecule has 1 atom stereocenters. The molecule has 0 aliphatic heterocycles. The van der Waals surface area contributed by atoms with Crippen LogP contribution >= 0.6 is 0 Å². The summed E-state index contributed by atoms with van der Waals surface area (Å²) in [6.07, 6.45) is 1.13. The first-order valence-corrected chi connectivity index (χ1v) is 5.27. The monoisotopic (exact) mass is 227 g/mol. The van der Waals surface area contributed by atoms with Gasteiger partial charge in [-0.1, -0.05) is 11.1 Å². The number of carbonyl (C=O) groups is 1. The summed E-state index contributed by atoms with van der Waals surface area (Å²) in [6, 6.07) is -0.791. The average Bonchev–Trinajstić information content (AvgIpc) is 2.21. The molecule has 0 amide bonds. The third kappa shape index (κ3) is 6.19. The Morgan fingerprint density at radius 2 is 1.94 bits per heavy atom. The van der Waals surface area contributed by atoms with E-state index in [1.807, 2.05) is 13.8 Å². The highest BCUT2D eigenvalue weighted by molar-refractivity contribution is 5.76. The van der Waals surface area contributed by atoms with Crippen molar-refractivity contribution in [2.45, 2.75) is 39.7 Å². The molecule has 0 aliphatic carbocycles. The molecule has 0 saturated heterocycles. The fraction of sp³-hybridized carbons (Fsp3) is 0.636. The van der Waals surface area contributed by atoms with E-state index in [1.165, 1.54) is 0 Å².